The van der Waals surface area contributed by atoms with Crippen molar-refractivity contribution in [1.29, 1.82) is 5.26 Å². The fourth-order valence-electron chi connectivity index (χ4n) is 10.2. The van der Waals surface area contributed by atoms with Gasteiger partial charge in [-0.05, 0) is 93.3 Å². The monoisotopic (exact) mass is 985 g/mol. The van der Waals surface area contributed by atoms with E-state index in [-0.39, 0.29) is 41.9 Å². The Labute approximate surface area is 415 Å². The zero-order valence-corrected chi connectivity index (χ0v) is 40.3. The van der Waals surface area contributed by atoms with Crippen LogP contribution in [0.25, 0.3) is 16.6 Å². The molecule has 5 aromatic rings. The molecule has 0 bridgehead atoms. The second kappa shape index (κ2) is 21.5. The third kappa shape index (κ3) is 10.9. The summed E-state index contributed by atoms with van der Waals surface area (Å²) in [7, 11) is 0. The van der Waals surface area contributed by atoms with Crippen molar-refractivity contribution in [1.82, 2.24) is 44.8 Å². The van der Waals surface area contributed by atoms with Gasteiger partial charge in [0.05, 0.1) is 41.2 Å². The highest BCUT2D eigenvalue weighted by Gasteiger charge is 2.40. The van der Waals surface area contributed by atoms with Crippen LogP contribution in [0.1, 0.15) is 77.8 Å². The Morgan fingerprint density at radius 1 is 0.944 bits per heavy atom. The molecule has 1 atom stereocenters. The molecule has 4 aliphatic heterocycles. The van der Waals surface area contributed by atoms with E-state index in [2.05, 4.69) is 36.5 Å². The molecular weight excluding hydrogens is 929 g/mol. The number of nitrogens with zero attached hydrogens (tertiary/aromatic N) is 9. The second-order valence-corrected chi connectivity index (χ2v) is 19.0. The molecule has 0 saturated carbocycles. The van der Waals surface area contributed by atoms with Crippen molar-refractivity contribution in [2.24, 2.45) is 0 Å². The van der Waals surface area contributed by atoms with E-state index in [1.165, 1.54) is 6.20 Å². The summed E-state index contributed by atoms with van der Waals surface area (Å²) in [5.74, 6) is -0.618. The number of ether oxygens (including phenoxy) is 2. The number of nitriles is 1. The molecule has 5 amide bonds. The van der Waals surface area contributed by atoms with E-state index in [0.717, 1.165) is 40.7 Å². The number of aromatic nitrogens is 3. The van der Waals surface area contributed by atoms with Crippen molar-refractivity contribution in [2.75, 3.05) is 77.0 Å². The number of rotatable bonds is 18. The number of hydrogen-bond donors (Lipinski definition) is 2. The van der Waals surface area contributed by atoms with Crippen LogP contribution in [0.15, 0.2) is 73.2 Å². The number of piperidine rings is 1. The number of anilines is 1. The highest BCUT2D eigenvalue weighted by Crippen LogP contribution is 2.34. The zero-order valence-electron chi connectivity index (χ0n) is 40.3. The van der Waals surface area contributed by atoms with E-state index in [1.54, 1.807) is 33.9 Å². The summed E-state index contributed by atoms with van der Waals surface area (Å²) in [6, 6.07) is 16.1. The first-order valence-electron chi connectivity index (χ1n) is 24.4. The Morgan fingerprint density at radius 2 is 1.74 bits per heavy atom. The molecule has 72 heavy (non-hydrogen) atoms. The highest BCUT2D eigenvalue weighted by atomic mass is 19.1. The fourth-order valence-corrected chi connectivity index (χ4v) is 10.2. The number of halogens is 2. The van der Waals surface area contributed by atoms with Crippen molar-refractivity contribution in [3.05, 3.63) is 107 Å². The average molecular weight is 986 g/mol. The maximum absolute atomic E-state index is 14.9. The summed E-state index contributed by atoms with van der Waals surface area (Å²) in [5, 5.41) is 19.4. The molecule has 4 aliphatic rings. The Kier molecular flexibility index (Phi) is 14.8. The van der Waals surface area contributed by atoms with Crippen LogP contribution in [0.2, 0.25) is 0 Å². The van der Waals surface area contributed by atoms with Crippen molar-refractivity contribution in [3.63, 3.8) is 0 Å². The number of nitrogens with one attached hydrogen (secondary N) is 2. The number of piperazine rings is 1. The standard InChI is InChI=1S/C52H57F2N11O7/c1-3-71-40-24-43(49-37(25-55)27-58-65(49)31-40)35-5-10-46(56-26-35)62-16-13-52(14-17-62,59-50(69)44-23-38(53)6-9-45(44)54)32-60-18-20-63(21-19-60)48(68)12-15-61-29-41(30-61)72-39-7-8-42-36(22-39)28-64(51(42)70)34(2)4-11-47(67)57-33-66/h5-10,22-24,26-27,31,33-34,41H,3-4,11-21,28-30,32H2,1-2H3,(H,59,69)(H,57,66,67). The molecule has 3 aromatic heterocycles. The van der Waals surface area contributed by atoms with Crippen LogP contribution in [-0.2, 0) is 20.9 Å². The molecule has 0 radical (unpaired) electrons. The quantitative estimate of drug-likeness (QED) is 0.117. The van der Waals surface area contributed by atoms with Crippen LogP contribution in [-0.4, -0.2) is 154 Å². The van der Waals surface area contributed by atoms with Gasteiger partial charge in [0.2, 0.25) is 18.2 Å². The Morgan fingerprint density at radius 3 is 2.46 bits per heavy atom. The molecule has 2 aromatic carbocycles. The SMILES string of the molecule is CCOc1cc(-c2ccc(N3CCC(CN4CCN(C(=O)CCN5CC(Oc6ccc7c(c6)CN(C(C)CCC(=O)NC=O)C7=O)C5)CC4)(NC(=O)c4cc(F)ccc4F)CC3)nc2)c2c(C#N)cnn2c1. The molecule has 3 fully saturated rings. The molecule has 7 heterocycles. The lowest BCUT2D eigenvalue weighted by molar-refractivity contribution is -0.134. The second-order valence-electron chi connectivity index (χ2n) is 19.0. The summed E-state index contributed by atoms with van der Waals surface area (Å²) in [6.07, 6.45) is 7.24. The lowest BCUT2D eigenvalue weighted by atomic mass is 9.86. The number of benzene rings is 2. The van der Waals surface area contributed by atoms with E-state index in [4.69, 9.17) is 14.5 Å². The average Bonchev–Trinajstić information content (AvgIpc) is 3.94. The Hall–Kier alpha value is -7.50. The minimum absolute atomic E-state index is 0.0530. The summed E-state index contributed by atoms with van der Waals surface area (Å²) >= 11 is 0. The molecular formula is C52H57F2N11O7. The minimum atomic E-state index is -0.808. The van der Waals surface area contributed by atoms with E-state index >= 15 is 0 Å². The zero-order chi connectivity index (χ0) is 50.5. The molecule has 3 saturated heterocycles. The molecule has 376 valence electrons. The number of hydrogen-bond acceptors (Lipinski definition) is 13. The first-order valence-corrected chi connectivity index (χ1v) is 24.4. The summed E-state index contributed by atoms with van der Waals surface area (Å²) in [6.45, 7) is 10.2. The van der Waals surface area contributed by atoms with Gasteiger partial charge in [0, 0.05) is 114 Å². The predicted molar refractivity (Wildman–Crippen MR) is 260 cm³/mol. The summed E-state index contributed by atoms with van der Waals surface area (Å²) < 4.78 is 42.8. The number of carbonyl (C=O) groups excluding carboxylic acids is 5. The van der Waals surface area contributed by atoms with Gasteiger partial charge in [0.25, 0.3) is 11.8 Å². The smallest absolute Gasteiger partial charge is 0.254 e. The lowest BCUT2D eigenvalue weighted by Gasteiger charge is -2.46. The molecule has 20 heteroatoms. The van der Waals surface area contributed by atoms with Crippen LogP contribution < -0.4 is 25.0 Å². The summed E-state index contributed by atoms with van der Waals surface area (Å²) in [4.78, 5) is 77.5. The summed E-state index contributed by atoms with van der Waals surface area (Å²) in [5.41, 5.74) is 2.94. The fraction of sp³-hybridized carbons (Fsp3) is 0.423. The Balaban J connectivity index is 0.764. The third-order valence-electron chi connectivity index (χ3n) is 14.2. The highest BCUT2D eigenvalue weighted by molar-refractivity contribution is 5.99. The van der Waals surface area contributed by atoms with E-state index in [9.17, 15) is 38.0 Å². The van der Waals surface area contributed by atoms with Crippen LogP contribution in [0.5, 0.6) is 11.5 Å². The number of pyridine rings is 2. The van der Waals surface area contributed by atoms with Gasteiger partial charge in [-0.3, -0.25) is 39.1 Å². The van der Waals surface area contributed by atoms with Crippen molar-refractivity contribution < 1.29 is 42.2 Å². The van der Waals surface area contributed by atoms with Crippen LogP contribution >= 0.6 is 0 Å². The van der Waals surface area contributed by atoms with Gasteiger partial charge in [-0.25, -0.2) is 18.3 Å². The van der Waals surface area contributed by atoms with Crippen molar-refractivity contribution in [3.8, 4) is 28.7 Å². The van der Waals surface area contributed by atoms with Crippen LogP contribution in [0, 0.1) is 23.0 Å². The maximum Gasteiger partial charge on any atom is 0.254 e. The van der Waals surface area contributed by atoms with Gasteiger partial charge >= 0.3 is 0 Å². The van der Waals surface area contributed by atoms with E-state index < -0.39 is 23.1 Å². The predicted octanol–water partition coefficient (Wildman–Crippen LogP) is 4.41. The van der Waals surface area contributed by atoms with Crippen LogP contribution in [0.3, 0.4) is 0 Å². The number of carbonyl (C=O) groups is 5. The lowest BCUT2D eigenvalue weighted by Crippen LogP contribution is -2.63. The van der Waals surface area contributed by atoms with E-state index in [1.807, 2.05) is 43.0 Å². The molecule has 9 rings (SSSR count). The molecule has 1 unspecified atom stereocenters. The Bertz CT molecular complexity index is 2890. The first kappa shape index (κ1) is 49.5. The van der Waals surface area contributed by atoms with Gasteiger partial charge in [-0.2, -0.15) is 10.4 Å². The molecule has 0 aliphatic carbocycles. The van der Waals surface area contributed by atoms with Gasteiger partial charge < -0.3 is 29.5 Å². The van der Waals surface area contributed by atoms with E-state index in [0.29, 0.717) is 139 Å². The van der Waals surface area contributed by atoms with Crippen LogP contribution in [0.4, 0.5) is 14.6 Å². The number of imide groups is 1. The van der Waals surface area contributed by atoms with Gasteiger partial charge in [-0.15, -0.1) is 0 Å². The van der Waals surface area contributed by atoms with Crippen molar-refractivity contribution in [2.45, 2.75) is 70.2 Å². The van der Waals surface area contributed by atoms with Gasteiger partial charge in [-0.1, -0.05) is 0 Å². The molecule has 18 nitrogen and oxygen atoms in total. The normalized spacial score (nSPS) is 17.5. The molecule has 2 N–H and O–H groups in total. The first-order chi connectivity index (χ1) is 34.8. The molecule has 0 spiro atoms. The maximum atomic E-state index is 14.9. The van der Waals surface area contributed by atoms with Gasteiger partial charge in [0.1, 0.15) is 41.1 Å². The van der Waals surface area contributed by atoms with Crippen molar-refractivity contribution >= 4 is 41.4 Å². The topological polar surface area (TPSA) is 198 Å². The van der Waals surface area contributed by atoms with Gasteiger partial charge in [0.15, 0.2) is 0 Å². The number of amides is 5. The largest absolute Gasteiger partial charge is 0.492 e. The number of fused-ring (bicyclic) bond motifs is 2. The number of likely N-dealkylation sites (tertiary alicyclic amines) is 1. The third-order valence-corrected chi connectivity index (χ3v) is 14.2. The minimum Gasteiger partial charge on any atom is -0.492 e.